The van der Waals surface area contributed by atoms with E-state index < -0.39 is 11.7 Å². The summed E-state index contributed by atoms with van der Waals surface area (Å²) >= 11 is 1.49. The first-order valence-electron chi connectivity index (χ1n) is 6.13. The lowest BCUT2D eigenvalue weighted by Gasteiger charge is -2.11. The minimum atomic E-state index is -4.33. The molecule has 6 heteroatoms. The molecule has 0 aliphatic carbocycles. The topological polar surface area (TPSA) is 38.0 Å². The zero-order valence-corrected chi connectivity index (χ0v) is 11.9. The molecule has 1 aromatic rings. The summed E-state index contributed by atoms with van der Waals surface area (Å²) in [5.74, 6) is 0.829. The Morgan fingerprint density at radius 2 is 2.00 bits per heavy atom. The van der Waals surface area contributed by atoms with Crippen LogP contribution in [0.25, 0.3) is 0 Å². The van der Waals surface area contributed by atoms with Crippen LogP contribution in [0.5, 0.6) is 0 Å². The largest absolute Gasteiger partial charge is 0.416 e. The van der Waals surface area contributed by atoms with Crippen LogP contribution in [0.4, 0.5) is 18.9 Å². The Bertz CT molecular complexity index is 405. The lowest BCUT2D eigenvalue weighted by molar-refractivity contribution is -0.137. The number of hydrogen-bond acceptors (Lipinski definition) is 3. The number of benzene rings is 1. The summed E-state index contributed by atoms with van der Waals surface area (Å²) in [5, 5.41) is 3.28. The lowest BCUT2D eigenvalue weighted by Crippen LogP contribution is -2.23. The number of thioether (sulfide) groups is 1. The fourth-order valence-electron chi connectivity index (χ4n) is 1.50. The molecule has 0 unspecified atom stereocenters. The van der Waals surface area contributed by atoms with E-state index in [0.29, 0.717) is 10.9 Å². The maximum Gasteiger partial charge on any atom is 0.416 e. The highest BCUT2D eigenvalue weighted by Gasteiger charge is 2.30. The lowest BCUT2D eigenvalue weighted by atomic mass is 10.2. The van der Waals surface area contributed by atoms with Crippen LogP contribution < -0.4 is 11.1 Å². The summed E-state index contributed by atoms with van der Waals surface area (Å²) in [4.78, 5) is 0.706. The average molecular weight is 292 g/mol. The third kappa shape index (κ3) is 5.74. The highest BCUT2D eigenvalue weighted by molar-refractivity contribution is 7.99. The van der Waals surface area contributed by atoms with Crippen LogP contribution in [0.15, 0.2) is 23.1 Å². The molecule has 0 aromatic heterocycles. The standard InChI is InChI=1S/C13H19F3N2S/c1-9(2)18-6-3-7-19-12-5-4-10(8-11(12)17)13(14,15)16/h4-5,8-9,18H,3,6-7,17H2,1-2H3. The Morgan fingerprint density at radius 3 is 2.53 bits per heavy atom. The number of alkyl halides is 3. The van der Waals surface area contributed by atoms with E-state index in [1.165, 1.54) is 17.8 Å². The van der Waals surface area contributed by atoms with Gasteiger partial charge in [0.1, 0.15) is 0 Å². The van der Waals surface area contributed by atoms with E-state index in [-0.39, 0.29) is 5.69 Å². The van der Waals surface area contributed by atoms with Crippen LogP contribution in [0, 0.1) is 0 Å². The van der Waals surface area contributed by atoms with Crippen molar-refractivity contribution in [3.8, 4) is 0 Å². The monoisotopic (exact) mass is 292 g/mol. The third-order valence-corrected chi connectivity index (χ3v) is 3.64. The molecule has 0 amide bonds. The smallest absolute Gasteiger partial charge is 0.398 e. The number of rotatable bonds is 6. The van der Waals surface area contributed by atoms with Crippen molar-refractivity contribution in [2.45, 2.75) is 37.4 Å². The van der Waals surface area contributed by atoms with Crippen molar-refractivity contribution in [3.63, 3.8) is 0 Å². The number of anilines is 1. The minimum absolute atomic E-state index is 0.191. The van der Waals surface area contributed by atoms with Gasteiger partial charge < -0.3 is 11.1 Å². The molecule has 0 aliphatic rings. The molecule has 0 aliphatic heterocycles. The predicted octanol–water partition coefficient (Wildman–Crippen LogP) is 3.77. The molecule has 0 saturated carbocycles. The van der Waals surface area contributed by atoms with Crippen molar-refractivity contribution < 1.29 is 13.2 Å². The fraction of sp³-hybridized carbons (Fsp3) is 0.538. The van der Waals surface area contributed by atoms with Gasteiger partial charge in [-0.25, -0.2) is 0 Å². The van der Waals surface area contributed by atoms with E-state index in [4.69, 9.17) is 5.73 Å². The molecule has 2 nitrogen and oxygen atoms in total. The first-order valence-corrected chi connectivity index (χ1v) is 7.12. The molecule has 0 radical (unpaired) electrons. The first-order chi connectivity index (χ1) is 8.80. The summed E-state index contributed by atoms with van der Waals surface area (Å²) in [6.07, 6.45) is -3.39. The van der Waals surface area contributed by atoms with Crippen LogP contribution in [0.2, 0.25) is 0 Å². The van der Waals surface area contributed by atoms with Crippen molar-refractivity contribution in [2.24, 2.45) is 0 Å². The van der Waals surface area contributed by atoms with Crippen LogP contribution >= 0.6 is 11.8 Å². The number of nitrogen functional groups attached to an aromatic ring is 1. The molecule has 0 spiro atoms. The van der Waals surface area contributed by atoms with Gasteiger partial charge in [-0.1, -0.05) is 13.8 Å². The Morgan fingerprint density at radius 1 is 1.32 bits per heavy atom. The van der Waals surface area contributed by atoms with Gasteiger partial charge in [-0.15, -0.1) is 11.8 Å². The highest BCUT2D eigenvalue weighted by atomic mass is 32.2. The highest BCUT2D eigenvalue weighted by Crippen LogP contribution is 2.34. The fourth-order valence-corrected chi connectivity index (χ4v) is 2.40. The van der Waals surface area contributed by atoms with Gasteiger partial charge in [0.2, 0.25) is 0 Å². The summed E-state index contributed by atoms with van der Waals surface area (Å²) in [7, 11) is 0. The van der Waals surface area contributed by atoms with E-state index in [1.807, 2.05) is 0 Å². The SMILES string of the molecule is CC(C)NCCCSc1ccc(C(F)(F)F)cc1N. The van der Waals surface area contributed by atoms with Crippen molar-refractivity contribution in [3.05, 3.63) is 23.8 Å². The van der Waals surface area contributed by atoms with Gasteiger partial charge in [0, 0.05) is 16.6 Å². The second kappa shape index (κ2) is 7.05. The molecule has 1 rings (SSSR count). The first kappa shape index (κ1) is 16.2. The molecule has 0 saturated heterocycles. The van der Waals surface area contributed by atoms with E-state index in [9.17, 15) is 13.2 Å². The second-order valence-electron chi connectivity index (χ2n) is 4.56. The van der Waals surface area contributed by atoms with Crippen molar-refractivity contribution in [1.29, 1.82) is 0 Å². The molecule has 3 N–H and O–H groups in total. The van der Waals surface area contributed by atoms with Crippen LogP contribution in [0.3, 0.4) is 0 Å². The minimum Gasteiger partial charge on any atom is -0.398 e. The summed E-state index contributed by atoms with van der Waals surface area (Å²) in [6, 6.07) is 3.96. The molecular weight excluding hydrogens is 273 g/mol. The normalized spacial score (nSPS) is 12.1. The van der Waals surface area contributed by atoms with Gasteiger partial charge >= 0.3 is 6.18 Å². The van der Waals surface area contributed by atoms with Crippen LogP contribution in [0.1, 0.15) is 25.8 Å². The number of halogens is 3. The van der Waals surface area contributed by atoms with Crippen LogP contribution in [-0.2, 0) is 6.18 Å². The van der Waals surface area contributed by atoms with Crippen molar-refractivity contribution in [1.82, 2.24) is 5.32 Å². The van der Waals surface area contributed by atoms with Crippen LogP contribution in [-0.4, -0.2) is 18.3 Å². The molecule has 19 heavy (non-hydrogen) atoms. The number of hydrogen-bond donors (Lipinski definition) is 2. The van der Waals surface area contributed by atoms with Crippen molar-refractivity contribution in [2.75, 3.05) is 18.0 Å². The van der Waals surface area contributed by atoms with E-state index in [2.05, 4.69) is 19.2 Å². The maximum atomic E-state index is 12.5. The number of nitrogens with two attached hydrogens (primary N) is 1. The zero-order valence-electron chi connectivity index (χ0n) is 11.1. The molecule has 0 bridgehead atoms. The predicted molar refractivity (Wildman–Crippen MR) is 74.3 cm³/mol. The van der Waals surface area contributed by atoms with Gasteiger partial charge in [-0.2, -0.15) is 13.2 Å². The van der Waals surface area contributed by atoms with Gasteiger partial charge in [0.05, 0.1) is 5.56 Å². The Kier molecular flexibility index (Phi) is 6.00. The summed E-state index contributed by atoms with van der Waals surface area (Å²) < 4.78 is 37.4. The summed E-state index contributed by atoms with van der Waals surface area (Å²) in [5.41, 5.74) is 5.14. The Labute approximate surface area is 115 Å². The van der Waals surface area contributed by atoms with E-state index in [1.54, 1.807) is 0 Å². The molecule has 108 valence electrons. The number of nitrogens with one attached hydrogen (secondary N) is 1. The molecule has 0 heterocycles. The van der Waals surface area contributed by atoms with Gasteiger partial charge in [0.25, 0.3) is 0 Å². The Balaban J connectivity index is 2.47. The summed E-state index contributed by atoms with van der Waals surface area (Å²) in [6.45, 7) is 5.03. The van der Waals surface area contributed by atoms with Gasteiger partial charge in [-0.05, 0) is 36.9 Å². The maximum absolute atomic E-state index is 12.5. The van der Waals surface area contributed by atoms with Gasteiger partial charge in [-0.3, -0.25) is 0 Å². The van der Waals surface area contributed by atoms with E-state index >= 15 is 0 Å². The molecular formula is C13H19F3N2S. The Hall–Kier alpha value is -0.880. The zero-order chi connectivity index (χ0) is 14.5. The molecule has 0 fully saturated rings. The quantitative estimate of drug-likeness (QED) is 0.476. The third-order valence-electron chi connectivity index (χ3n) is 2.47. The second-order valence-corrected chi connectivity index (χ2v) is 5.70. The molecule has 0 atom stereocenters. The molecule has 1 aromatic carbocycles. The van der Waals surface area contributed by atoms with Gasteiger partial charge in [0.15, 0.2) is 0 Å². The van der Waals surface area contributed by atoms with Crippen molar-refractivity contribution >= 4 is 17.4 Å². The van der Waals surface area contributed by atoms with E-state index in [0.717, 1.165) is 30.9 Å². The average Bonchev–Trinajstić information content (AvgIpc) is 2.28.